The minimum atomic E-state index is -3.99. The molecule has 1 N–H and O–H groups in total. The highest BCUT2D eigenvalue weighted by Crippen LogP contribution is 2.29. The van der Waals surface area contributed by atoms with Gasteiger partial charge < -0.3 is 14.6 Å². The number of nitrogens with zero attached hydrogens (tertiary/aromatic N) is 4. The second-order valence-corrected chi connectivity index (χ2v) is 9.41. The van der Waals surface area contributed by atoms with Crippen LogP contribution in [0.2, 0.25) is 0 Å². The highest BCUT2D eigenvalue weighted by molar-refractivity contribution is 7.89. The molecule has 0 atom stereocenters. The minimum absolute atomic E-state index is 0.0313. The number of hydrogen-bond donors (Lipinski definition) is 1. The van der Waals surface area contributed by atoms with Crippen LogP contribution in [-0.4, -0.2) is 48.0 Å². The summed E-state index contributed by atoms with van der Waals surface area (Å²) < 4.78 is 51.5. The molecular formula is C20H22FN5O4S. The van der Waals surface area contributed by atoms with Gasteiger partial charge in [0.15, 0.2) is 17.3 Å². The number of aryl methyl sites for hydroxylation is 1. The largest absolute Gasteiger partial charge is 0.494 e. The molecule has 1 aromatic carbocycles. The van der Waals surface area contributed by atoms with Gasteiger partial charge in [-0.2, -0.15) is 4.31 Å². The smallest absolute Gasteiger partial charge is 0.243 e. The van der Waals surface area contributed by atoms with Crippen molar-refractivity contribution in [1.29, 1.82) is 0 Å². The number of aromatic nitrogens is 3. The Morgan fingerprint density at radius 1 is 1.32 bits per heavy atom. The Kier molecular flexibility index (Phi) is 5.63. The molecule has 0 spiro atoms. The van der Waals surface area contributed by atoms with E-state index in [4.69, 9.17) is 9.26 Å². The minimum Gasteiger partial charge on any atom is -0.494 e. The van der Waals surface area contributed by atoms with Crippen LogP contribution < -0.4 is 10.1 Å². The Hall–Kier alpha value is -3.05. The number of ether oxygens (including phenoxy) is 1. The normalized spacial score (nSPS) is 14.1. The van der Waals surface area contributed by atoms with E-state index >= 15 is 0 Å². The zero-order chi connectivity index (χ0) is 22.2. The zero-order valence-electron chi connectivity index (χ0n) is 17.3. The molecule has 1 aliphatic rings. The number of methoxy groups -OCH3 is 1. The third-order valence-corrected chi connectivity index (χ3v) is 6.67. The van der Waals surface area contributed by atoms with Crippen LogP contribution in [-0.2, 0) is 16.6 Å². The monoisotopic (exact) mass is 447 g/mol. The van der Waals surface area contributed by atoms with Gasteiger partial charge in [-0.05, 0) is 38.0 Å². The quantitative estimate of drug-likeness (QED) is 0.561. The van der Waals surface area contributed by atoms with Gasteiger partial charge in [0, 0.05) is 25.4 Å². The molecule has 0 bridgehead atoms. The molecule has 0 radical (unpaired) electrons. The Morgan fingerprint density at radius 3 is 2.71 bits per heavy atom. The van der Waals surface area contributed by atoms with E-state index in [0.29, 0.717) is 34.7 Å². The van der Waals surface area contributed by atoms with E-state index in [2.05, 4.69) is 20.4 Å². The second kappa shape index (κ2) is 8.23. The van der Waals surface area contributed by atoms with E-state index < -0.39 is 15.8 Å². The summed E-state index contributed by atoms with van der Waals surface area (Å²) in [5.41, 5.74) is 1.65. The van der Waals surface area contributed by atoms with E-state index in [9.17, 15) is 12.8 Å². The van der Waals surface area contributed by atoms with Crippen molar-refractivity contribution in [2.45, 2.75) is 37.2 Å². The van der Waals surface area contributed by atoms with Gasteiger partial charge in [0.2, 0.25) is 16.0 Å². The van der Waals surface area contributed by atoms with Gasteiger partial charge in [-0.3, -0.25) is 0 Å². The standard InChI is InChI=1S/C20H22FN5O4S/c1-12-8-19(30-25-12)15-10-22-20(23-13-4-5-13)24-17(15)11-26(2)31(27,28)14-6-7-18(29-3)16(21)9-14/h6-10,13H,4-5,11H2,1-3H3,(H,22,23,24). The van der Waals surface area contributed by atoms with Crippen molar-refractivity contribution < 1.29 is 22.1 Å². The van der Waals surface area contributed by atoms with Crippen molar-refractivity contribution >= 4 is 16.0 Å². The topological polar surface area (TPSA) is 110 Å². The van der Waals surface area contributed by atoms with Gasteiger partial charge in [0.25, 0.3) is 0 Å². The summed E-state index contributed by atoms with van der Waals surface area (Å²) in [4.78, 5) is 8.66. The Balaban J connectivity index is 1.66. The van der Waals surface area contributed by atoms with Gasteiger partial charge in [-0.1, -0.05) is 5.16 Å². The summed E-state index contributed by atoms with van der Waals surface area (Å²) in [5, 5.41) is 7.09. The Morgan fingerprint density at radius 2 is 2.10 bits per heavy atom. The maximum Gasteiger partial charge on any atom is 0.243 e. The maximum absolute atomic E-state index is 14.1. The first-order valence-electron chi connectivity index (χ1n) is 9.64. The van der Waals surface area contributed by atoms with E-state index in [0.717, 1.165) is 23.2 Å². The van der Waals surface area contributed by atoms with Gasteiger partial charge in [-0.15, -0.1) is 0 Å². The van der Waals surface area contributed by atoms with Crippen LogP contribution in [0, 0.1) is 12.7 Å². The zero-order valence-corrected chi connectivity index (χ0v) is 18.1. The van der Waals surface area contributed by atoms with Crippen LogP contribution in [0.4, 0.5) is 10.3 Å². The fourth-order valence-corrected chi connectivity index (χ4v) is 4.14. The number of sulfonamides is 1. The number of halogens is 1. The number of anilines is 1. The highest BCUT2D eigenvalue weighted by atomic mass is 32.2. The Labute approximate surface area is 179 Å². The van der Waals surface area contributed by atoms with Gasteiger partial charge in [-0.25, -0.2) is 22.8 Å². The molecule has 11 heteroatoms. The molecule has 9 nitrogen and oxygen atoms in total. The van der Waals surface area contributed by atoms with Crippen LogP contribution in [0.1, 0.15) is 24.2 Å². The summed E-state index contributed by atoms with van der Waals surface area (Å²) in [6.45, 7) is 1.71. The van der Waals surface area contributed by atoms with Crippen molar-refractivity contribution in [1.82, 2.24) is 19.4 Å². The van der Waals surface area contributed by atoms with E-state index in [1.807, 2.05) is 0 Å². The molecule has 0 aliphatic heterocycles. The van der Waals surface area contributed by atoms with Gasteiger partial charge in [0.05, 0.1) is 35.5 Å². The number of rotatable bonds is 8. The van der Waals surface area contributed by atoms with E-state index in [-0.39, 0.29) is 17.2 Å². The molecule has 2 heterocycles. The average molecular weight is 447 g/mol. The molecule has 1 saturated carbocycles. The molecule has 0 saturated heterocycles. The highest BCUT2D eigenvalue weighted by Gasteiger charge is 2.26. The van der Waals surface area contributed by atoms with Crippen molar-refractivity contribution in [2.24, 2.45) is 0 Å². The summed E-state index contributed by atoms with van der Waals surface area (Å²) in [7, 11) is -1.27. The first-order chi connectivity index (χ1) is 14.8. The third kappa shape index (κ3) is 4.52. The molecule has 1 aliphatic carbocycles. The van der Waals surface area contributed by atoms with Crippen LogP contribution in [0.5, 0.6) is 5.75 Å². The molecule has 3 aromatic rings. The lowest BCUT2D eigenvalue weighted by Gasteiger charge is -2.19. The van der Waals surface area contributed by atoms with Crippen LogP contribution in [0.3, 0.4) is 0 Å². The third-order valence-electron chi connectivity index (χ3n) is 4.88. The van der Waals surface area contributed by atoms with Crippen molar-refractivity contribution in [2.75, 3.05) is 19.5 Å². The molecule has 0 unspecified atom stereocenters. The molecule has 2 aromatic heterocycles. The van der Waals surface area contributed by atoms with Crippen LogP contribution >= 0.6 is 0 Å². The van der Waals surface area contributed by atoms with E-state index in [1.165, 1.54) is 26.3 Å². The fourth-order valence-electron chi connectivity index (χ4n) is 3.00. The van der Waals surface area contributed by atoms with Gasteiger partial charge >= 0.3 is 0 Å². The van der Waals surface area contributed by atoms with Crippen LogP contribution in [0.25, 0.3) is 11.3 Å². The second-order valence-electron chi connectivity index (χ2n) is 7.36. The number of hydrogen-bond acceptors (Lipinski definition) is 8. The molecule has 164 valence electrons. The Bertz CT molecular complexity index is 1210. The van der Waals surface area contributed by atoms with Crippen molar-refractivity contribution in [3.63, 3.8) is 0 Å². The molecule has 0 amide bonds. The van der Waals surface area contributed by atoms with Crippen molar-refractivity contribution in [3.8, 4) is 17.1 Å². The number of benzene rings is 1. The summed E-state index contributed by atoms with van der Waals surface area (Å²) in [6.07, 6.45) is 3.67. The maximum atomic E-state index is 14.1. The predicted molar refractivity (Wildman–Crippen MR) is 111 cm³/mol. The average Bonchev–Trinajstić information content (AvgIpc) is 3.45. The van der Waals surface area contributed by atoms with E-state index in [1.54, 1.807) is 19.2 Å². The molecule has 31 heavy (non-hydrogen) atoms. The SMILES string of the molecule is COc1ccc(S(=O)(=O)N(C)Cc2nc(NC3CC3)ncc2-c2cc(C)no2)cc1F. The molecule has 1 fully saturated rings. The van der Waals surface area contributed by atoms with Crippen molar-refractivity contribution in [3.05, 3.63) is 47.7 Å². The predicted octanol–water partition coefficient (Wildman–Crippen LogP) is 2.98. The van der Waals surface area contributed by atoms with Crippen LogP contribution in [0.15, 0.2) is 39.9 Å². The first kappa shape index (κ1) is 21.2. The first-order valence-corrected chi connectivity index (χ1v) is 11.1. The number of nitrogens with one attached hydrogen (secondary N) is 1. The summed E-state index contributed by atoms with van der Waals surface area (Å²) in [6, 6.07) is 5.57. The molecule has 4 rings (SSSR count). The van der Waals surface area contributed by atoms with Gasteiger partial charge in [0.1, 0.15) is 0 Å². The lowest BCUT2D eigenvalue weighted by molar-refractivity contribution is 0.385. The summed E-state index contributed by atoms with van der Waals surface area (Å²) in [5.74, 6) is 0.0643. The lowest BCUT2D eigenvalue weighted by Crippen LogP contribution is -2.27. The fraction of sp³-hybridized carbons (Fsp3) is 0.350. The lowest BCUT2D eigenvalue weighted by atomic mass is 10.1. The molecular weight excluding hydrogens is 425 g/mol. The summed E-state index contributed by atoms with van der Waals surface area (Å²) >= 11 is 0.